The van der Waals surface area contributed by atoms with E-state index in [-0.39, 0.29) is 11.4 Å². The lowest BCUT2D eigenvalue weighted by molar-refractivity contribution is 0.100. The van der Waals surface area contributed by atoms with E-state index in [1.807, 2.05) is 6.07 Å². The Balaban J connectivity index is 2.16. The van der Waals surface area contributed by atoms with Crippen molar-refractivity contribution in [3.8, 4) is 11.6 Å². The van der Waals surface area contributed by atoms with Crippen LogP contribution in [0.2, 0.25) is 0 Å². The molecule has 0 saturated carbocycles. The first-order chi connectivity index (χ1) is 10.6. The minimum atomic E-state index is -2.85. The number of hydrogen-bond acceptors (Lipinski definition) is 5. The maximum Gasteiger partial charge on any atom is 0.319 e. The number of carbonyl (C=O) groups excluding carboxylic acids is 1. The van der Waals surface area contributed by atoms with Gasteiger partial charge < -0.3 is 9.72 Å². The summed E-state index contributed by atoms with van der Waals surface area (Å²) >= 11 is 0. The fourth-order valence-electron chi connectivity index (χ4n) is 1.99. The number of benzene rings is 1. The molecule has 0 spiro atoms. The van der Waals surface area contributed by atoms with Gasteiger partial charge in [0.2, 0.25) is 5.88 Å². The summed E-state index contributed by atoms with van der Waals surface area (Å²) in [5, 5.41) is 0. The van der Waals surface area contributed by atoms with Crippen molar-refractivity contribution in [1.82, 2.24) is 9.97 Å². The van der Waals surface area contributed by atoms with Gasteiger partial charge in [0.05, 0.1) is 5.52 Å². The fraction of sp³-hybridized carbons (Fsp3) is 0. The second-order valence-corrected chi connectivity index (χ2v) is 4.87. The zero-order valence-corrected chi connectivity index (χ0v) is 11.9. The highest BCUT2D eigenvalue weighted by Crippen LogP contribution is 2.30. The average molecular weight is 315 g/mol. The lowest BCUT2D eigenvalue weighted by atomic mass is 10.2. The lowest BCUT2D eigenvalue weighted by Gasteiger charge is -2.03. The second-order valence-electron chi connectivity index (χ2n) is 4.26. The summed E-state index contributed by atoms with van der Waals surface area (Å²) in [6.45, 7) is 0. The molecule has 8 heteroatoms. The van der Waals surface area contributed by atoms with Crippen LogP contribution in [0.15, 0.2) is 53.0 Å². The van der Waals surface area contributed by atoms with Gasteiger partial charge in [0, 0.05) is 6.20 Å². The summed E-state index contributed by atoms with van der Waals surface area (Å²) < 4.78 is 29.9. The van der Waals surface area contributed by atoms with Gasteiger partial charge in [0.15, 0.2) is 0 Å². The maximum absolute atomic E-state index is 12.0. The van der Waals surface area contributed by atoms with Crippen molar-refractivity contribution in [3.63, 3.8) is 0 Å². The summed E-state index contributed by atoms with van der Waals surface area (Å²) in [5.41, 5.74) is 0.819. The van der Waals surface area contributed by atoms with Gasteiger partial charge >= 0.3 is 10.5 Å². The molecule has 0 atom stereocenters. The Labute approximate surface area is 126 Å². The zero-order valence-electron chi connectivity index (χ0n) is 11.1. The SMILES string of the molecule is O=C(N=S(=O)=O)c1c(Oc2ccccc2)[nH]c2cccnc12. The van der Waals surface area contributed by atoms with E-state index in [0.717, 1.165) is 0 Å². The summed E-state index contributed by atoms with van der Waals surface area (Å²) in [6, 6.07) is 12.2. The van der Waals surface area contributed by atoms with Crippen LogP contribution in [-0.4, -0.2) is 24.3 Å². The Morgan fingerprint density at radius 3 is 2.64 bits per heavy atom. The minimum absolute atomic E-state index is 0.0244. The van der Waals surface area contributed by atoms with Crippen molar-refractivity contribution in [2.75, 3.05) is 0 Å². The highest BCUT2D eigenvalue weighted by atomic mass is 32.2. The summed E-state index contributed by atoms with van der Waals surface area (Å²) in [4.78, 5) is 19.0. The number of ether oxygens (including phenoxy) is 1. The third kappa shape index (κ3) is 2.72. The Morgan fingerprint density at radius 2 is 1.91 bits per heavy atom. The van der Waals surface area contributed by atoms with Gasteiger partial charge in [-0.2, -0.15) is 8.42 Å². The monoisotopic (exact) mass is 315 g/mol. The summed E-state index contributed by atoms with van der Waals surface area (Å²) in [5.74, 6) is -0.352. The normalized spacial score (nSPS) is 10.4. The molecule has 2 aromatic heterocycles. The van der Waals surface area contributed by atoms with Crippen LogP contribution < -0.4 is 4.74 Å². The molecule has 3 aromatic rings. The molecule has 0 saturated heterocycles. The van der Waals surface area contributed by atoms with Crippen LogP contribution in [0.25, 0.3) is 11.0 Å². The van der Waals surface area contributed by atoms with Gasteiger partial charge in [0.1, 0.15) is 16.8 Å². The predicted molar refractivity (Wildman–Crippen MR) is 78.3 cm³/mol. The standard InChI is InChI=1S/C14H9N3O4S/c18-13(17-22(19)20)11-12-10(7-4-8-15-12)16-14(11)21-9-5-2-1-3-6-9/h1-8,16H. The number of nitrogens with zero attached hydrogens (tertiary/aromatic N) is 2. The Bertz CT molecular complexity index is 970. The van der Waals surface area contributed by atoms with Crippen LogP contribution in [0.3, 0.4) is 0 Å². The van der Waals surface area contributed by atoms with Crippen LogP contribution in [0.1, 0.15) is 10.4 Å². The number of carbonyl (C=O) groups is 1. The van der Waals surface area contributed by atoms with Gasteiger partial charge in [-0.05, 0) is 24.3 Å². The first-order valence-corrected chi connectivity index (χ1v) is 7.23. The third-order valence-corrected chi connectivity index (χ3v) is 3.17. The lowest BCUT2D eigenvalue weighted by Crippen LogP contribution is -1.97. The molecule has 3 rings (SSSR count). The minimum Gasteiger partial charge on any atom is -0.440 e. The number of aromatic nitrogens is 2. The molecule has 1 N–H and O–H groups in total. The zero-order chi connectivity index (χ0) is 15.5. The number of H-pyrrole nitrogens is 1. The van der Waals surface area contributed by atoms with Crippen molar-refractivity contribution >= 4 is 27.4 Å². The quantitative estimate of drug-likeness (QED) is 0.800. The number of aromatic amines is 1. The second kappa shape index (κ2) is 5.78. The number of hydrogen-bond donors (Lipinski definition) is 1. The Morgan fingerprint density at radius 1 is 1.14 bits per heavy atom. The van der Waals surface area contributed by atoms with Crippen molar-refractivity contribution < 1.29 is 17.9 Å². The number of fused-ring (bicyclic) bond motifs is 1. The van der Waals surface area contributed by atoms with E-state index < -0.39 is 16.4 Å². The molecule has 1 amide bonds. The molecule has 0 unspecified atom stereocenters. The van der Waals surface area contributed by atoms with Crippen molar-refractivity contribution in [3.05, 3.63) is 54.2 Å². The molecule has 0 aliphatic carbocycles. The molecular weight excluding hydrogens is 306 g/mol. The van der Waals surface area contributed by atoms with E-state index in [9.17, 15) is 13.2 Å². The molecule has 110 valence electrons. The molecule has 1 aromatic carbocycles. The van der Waals surface area contributed by atoms with Gasteiger partial charge in [-0.1, -0.05) is 22.6 Å². The van der Waals surface area contributed by atoms with E-state index in [4.69, 9.17) is 4.74 Å². The molecule has 2 heterocycles. The van der Waals surface area contributed by atoms with Gasteiger partial charge in [-0.25, -0.2) is 0 Å². The number of nitrogens with one attached hydrogen (secondary N) is 1. The fourth-order valence-corrected chi connectivity index (χ4v) is 2.22. The largest absolute Gasteiger partial charge is 0.440 e. The van der Waals surface area contributed by atoms with Crippen LogP contribution >= 0.6 is 0 Å². The van der Waals surface area contributed by atoms with Gasteiger partial charge in [0.25, 0.3) is 5.91 Å². The average Bonchev–Trinajstić information content (AvgIpc) is 2.85. The Hall–Kier alpha value is -3.00. The van der Waals surface area contributed by atoms with Crippen LogP contribution in [0, 0.1) is 0 Å². The summed E-state index contributed by atoms with van der Waals surface area (Å²) in [7, 11) is -2.85. The number of rotatable bonds is 3. The molecular formula is C14H9N3O4S. The summed E-state index contributed by atoms with van der Waals surface area (Å²) in [6.07, 6.45) is 1.49. The van der Waals surface area contributed by atoms with Crippen LogP contribution in [0.4, 0.5) is 0 Å². The molecule has 7 nitrogen and oxygen atoms in total. The topological polar surface area (TPSA) is 101 Å². The van der Waals surface area contributed by atoms with Crippen LogP contribution in [0.5, 0.6) is 11.6 Å². The van der Waals surface area contributed by atoms with E-state index >= 15 is 0 Å². The van der Waals surface area contributed by atoms with E-state index in [0.29, 0.717) is 16.8 Å². The van der Waals surface area contributed by atoms with Crippen molar-refractivity contribution in [2.45, 2.75) is 0 Å². The smallest absolute Gasteiger partial charge is 0.319 e. The van der Waals surface area contributed by atoms with E-state index in [1.165, 1.54) is 6.20 Å². The number of para-hydroxylation sites is 1. The maximum atomic E-state index is 12.0. The van der Waals surface area contributed by atoms with Crippen molar-refractivity contribution in [1.29, 1.82) is 0 Å². The highest BCUT2D eigenvalue weighted by molar-refractivity contribution is 7.62. The van der Waals surface area contributed by atoms with Crippen LogP contribution in [-0.2, 0) is 10.5 Å². The number of pyridine rings is 1. The molecule has 0 bridgehead atoms. The number of amides is 1. The molecule has 0 aliphatic heterocycles. The van der Waals surface area contributed by atoms with Gasteiger partial charge in [-0.3, -0.25) is 9.78 Å². The first-order valence-electron chi connectivity index (χ1n) is 6.20. The predicted octanol–water partition coefficient (Wildman–Crippen LogP) is 2.56. The molecule has 22 heavy (non-hydrogen) atoms. The molecule has 0 radical (unpaired) electrons. The van der Waals surface area contributed by atoms with Crippen molar-refractivity contribution in [2.24, 2.45) is 4.36 Å². The molecule has 0 aliphatic rings. The Kier molecular flexibility index (Phi) is 3.67. The van der Waals surface area contributed by atoms with Gasteiger partial charge in [-0.15, -0.1) is 0 Å². The van der Waals surface area contributed by atoms with E-state index in [1.54, 1.807) is 36.4 Å². The van der Waals surface area contributed by atoms with E-state index in [2.05, 4.69) is 14.3 Å². The molecule has 0 fully saturated rings. The first kappa shape index (κ1) is 14.0. The highest BCUT2D eigenvalue weighted by Gasteiger charge is 2.21. The third-order valence-electron chi connectivity index (χ3n) is 2.85.